The van der Waals surface area contributed by atoms with Crippen LogP contribution in [-0.4, -0.2) is 96.9 Å². The number of amides is 2. The maximum Gasteiger partial charge on any atom is 0.410 e. The molecule has 1 N–H and O–H groups in total. The molecule has 0 aromatic heterocycles. The van der Waals surface area contributed by atoms with Crippen LogP contribution in [0.4, 0.5) is 10.5 Å². The fraction of sp³-hybridized carbons (Fsp3) is 0.667. The summed E-state index contributed by atoms with van der Waals surface area (Å²) in [6.07, 6.45) is 1.73. The lowest BCUT2D eigenvalue weighted by Crippen LogP contribution is -2.60. The van der Waals surface area contributed by atoms with Gasteiger partial charge in [-0.05, 0) is 51.8 Å². The van der Waals surface area contributed by atoms with Gasteiger partial charge in [-0.1, -0.05) is 11.6 Å². The van der Waals surface area contributed by atoms with Crippen molar-refractivity contribution in [2.75, 3.05) is 57.8 Å². The first kappa shape index (κ1) is 24.1. The highest BCUT2D eigenvalue weighted by atomic mass is 35.5. The van der Waals surface area contributed by atoms with E-state index in [1.54, 1.807) is 4.90 Å². The van der Waals surface area contributed by atoms with E-state index in [4.69, 9.17) is 21.1 Å². The third-order valence-corrected chi connectivity index (χ3v) is 6.72. The highest BCUT2D eigenvalue weighted by Gasteiger charge is 2.35. The Morgan fingerprint density at radius 1 is 1.06 bits per heavy atom. The first-order valence-electron chi connectivity index (χ1n) is 11.8. The van der Waals surface area contributed by atoms with E-state index in [0.717, 1.165) is 44.7 Å². The number of nitrogens with zero attached hydrogens (tertiary/aromatic N) is 3. The van der Waals surface area contributed by atoms with Gasteiger partial charge >= 0.3 is 6.09 Å². The Bertz CT molecular complexity index is 855. The Balaban J connectivity index is 1.22. The van der Waals surface area contributed by atoms with E-state index in [0.29, 0.717) is 49.0 Å². The van der Waals surface area contributed by atoms with Crippen molar-refractivity contribution >= 4 is 29.3 Å². The van der Waals surface area contributed by atoms with Gasteiger partial charge in [0.2, 0.25) is 0 Å². The van der Waals surface area contributed by atoms with E-state index >= 15 is 0 Å². The molecule has 3 aliphatic heterocycles. The van der Waals surface area contributed by atoms with Crippen LogP contribution in [0, 0.1) is 0 Å². The molecule has 3 aliphatic rings. The summed E-state index contributed by atoms with van der Waals surface area (Å²) in [5.74, 6) is -0.0395. The molecule has 8 nitrogen and oxygen atoms in total. The zero-order chi connectivity index (χ0) is 23.6. The van der Waals surface area contributed by atoms with Gasteiger partial charge < -0.3 is 24.6 Å². The van der Waals surface area contributed by atoms with Crippen molar-refractivity contribution in [3.05, 3.63) is 28.8 Å². The van der Waals surface area contributed by atoms with Gasteiger partial charge in [0.15, 0.2) is 0 Å². The van der Waals surface area contributed by atoms with Crippen LogP contribution >= 0.6 is 11.6 Å². The molecule has 0 spiro atoms. The Hall–Kier alpha value is -2.03. The molecule has 1 aromatic carbocycles. The zero-order valence-corrected chi connectivity index (χ0v) is 20.6. The second-order valence-electron chi connectivity index (χ2n) is 10.1. The number of nitrogens with one attached hydrogen (secondary N) is 1. The highest BCUT2D eigenvalue weighted by Crippen LogP contribution is 2.27. The minimum atomic E-state index is -0.457. The number of piperidine rings is 1. The molecule has 3 heterocycles. The molecule has 0 aliphatic carbocycles. The maximum absolute atomic E-state index is 12.7. The van der Waals surface area contributed by atoms with Gasteiger partial charge in [-0.3, -0.25) is 9.69 Å². The van der Waals surface area contributed by atoms with Gasteiger partial charge in [-0.2, -0.15) is 0 Å². The average Bonchev–Trinajstić information content (AvgIpc) is 2.75. The number of carbonyl (C=O) groups excluding carboxylic acids is 2. The summed E-state index contributed by atoms with van der Waals surface area (Å²) in [6, 6.07) is 6.44. The van der Waals surface area contributed by atoms with Crippen molar-refractivity contribution in [1.29, 1.82) is 0 Å². The highest BCUT2D eigenvalue weighted by molar-refractivity contribution is 6.34. The molecule has 0 atom stereocenters. The van der Waals surface area contributed by atoms with Gasteiger partial charge in [0, 0.05) is 51.0 Å². The number of likely N-dealkylation sites (tertiary alicyclic amines) is 2. The molecule has 0 bridgehead atoms. The molecule has 3 fully saturated rings. The van der Waals surface area contributed by atoms with Crippen LogP contribution in [0.2, 0.25) is 5.02 Å². The first-order chi connectivity index (χ1) is 15.7. The van der Waals surface area contributed by atoms with Crippen LogP contribution in [0.3, 0.4) is 0 Å². The van der Waals surface area contributed by atoms with Gasteiger partial charge in [0.25, 0.3) is 5.91 Å². The minimum Gasteiger partial charge on any atom is -0.444 e. The molecule has 2 amide bonds. The number of ether oxygens (including phenoxy) is 2. The minimum absolute atomic E-state index is 0.0395. The smallest absolute Gasteiger partial charge is 0.410 e. The number of rotatable bonds is 4. The van der Waals surface area contributed by atoms with Crippen LogP contribution in [0.5, 0.6) is 0 Å². The Kier molecular flexibility index (Phi) is 7.36. The van der Waals surface area contributed by atoms with Crippen molar-refractivity contribution < 1.29 is 19.1 Å². The van der Waals surface area contributed by atoms with Gasteiger partial charge in [0.05, 0.1) is 29.8 Å². The average molecular weight is 479 g/mol. The molecular weight excluding hydrogens is 444 g/mol. The van der Waals surface area contributed by atoms with E-state index in [-0.39, 0.29) is 12.0 Å². The Morgan fingerprint density at radius 3 is 2.33 bits per heavy atom. The summed E-state index contributed by atoms with van der Waals surface area (Å²) in [5, 5.41) is 4.01. The van der Waals surface area contributed by atoms with E-state index in [2.05, 4.69) is 10.2 Å². The van der Waals surface area contributed by atoms with Crippen LogP contribution in [0.15, 0.2) is 18.2 Å². The second-order valence-corrected chi connectivity index (χ2v) is 10.5. The monoisotopic (exact) mass is 478 g/mol. The van der Waals surface area contributed by atoms with Crippen LogP contribution in [-0.2, 0) is 9.47 Å². The van der Waals surface area contributed by atoms with Crippen molar-refractivity contribution in [2.24, 2.45) is 0 Å². The maximum atomic E-state index is 12.7. The van der Waals surface area contributed by atoms with Gasteiger partial charge in [0.1, 0.15) is 5.60 Å². The number of hydrogen-bond acceptors (Lipinski definition) is 6. The summed E-state index contributed by atoms with van der Waals surface area (Å²) in [4.78, 5) is 31.0. The molecule has 4 rings (SSSR count). The predicted octanol–water partition coefficient (Wildman–Crippen LogP) is 3.31. The van der Waals surface area contributed by atoms with Gasteiger partial charge in [-0.25, -0.2) is 4.79 Å². The molecule has 33 heavy (non-hydrogen) atoms. The quantitative estimate of drug-likeness (QED) is 0.715. The van der Waals surface area contributed by atoms with Crippen molar-refractivity contribution in [2.45, 2.75) is 51.3 Å². The fourth-order valence-corrected chi connectivity index (χ4v) is 4.85. The van der Waals surface area contributed by atoms with E-state index in [1.807, 2.05) is 43.9 Å². The standard InChI is InChI=1S/C24H35ClN4O4/c1-24(2,3)33-23(31)28-8-6-19(7-9-28)29-15-18(16-29)26-17-4-5-20(21(25)14-17)22(30)27-10-12-32-13-11-27/h4-5,14,18-19,26H,6-13,15-16H2,1-3H3. The molecule has 3 saturated heterocycles. The fourth-order valence-electron chi connectivity index (χ4n) is 4.59. The van der Waals surface area contributed by atoms with Crippen molar-refractivity contribution in [3.63, 3.8) is 0 Å². The number of halogens is 1. The Labute approximate surface area is 201 Å². The lowest BCUT2D eigenvalue weighted by atomic mass is 9.97. The predicted molar refractivity (Wildman–Crippen MR) is 128 cm³/mol. The molecule has 0 radical (unpaired) electrons. The van der Waals surface area contributed by atoms with E-state index < -0.39 is 5.60 Å². The molecule has 9 heteroatoms. The molecule has 0 unspecified atom stereocenters. The normalized spacial score (nSPS) is 21.0. The van der Waals surface area contributed by atoms with Crippen LogP contribution in [0.25, 0.3) is 0 Å². The van der Waals surface area contributed by atoms with Crippen molar-refractivity contribution in [1.82, 2.24) is 14.7 Å². The lowest BCUT2D eigenvalue weighted by molar-refractivity contribution is 0.00749. The molecule has 1 aromatic rings. The number of anilines is 1. The molecule has 0 saturated carbocycles. The first-order valence-corrected chi connectivity index (χ1v) is 12.2. The number of benzene rings is 1. The van der Waals surface area contributed by atoms with E-state index in [1.165, 1.54) is 0 Å². The summed E-state index contributed by atoms with van der Waals surface area (Å²) < 4.78 is 10.8. The van der Waals surface area contributed by atoms with Crippen LogP contribution < -0.4 is 5.32 Å². The summed E-state index contributed by atoms with van der Waals surface area (Å²) >= 11 is 6.45. The lowest BCUT2D eigenvalue weighted by Gasteiger charge is -2.47. The zero-order valence-electron chi connectivity index (χ0n) is 19.8. The summed E-state index contributed by atoms with van der Waals surface area (Å²) in [6.45, 7) is 11.4. The Morgan fingerprint density at radius 2 is 1.73 bits per heavy atom. The van der Waals surface area contributed by atoms with Gasteiger partial charge in [-0.15, -0.1) is 0 Å². The van der Waals surface area contributed by atoms with E-state index in [9.17, 15) is 9.59 Å². The SMILES string of the molecule is CC(C)(C)OC(=O)N1CCC(N2CC(Nc3ccc(C(=O)N4CCOCC4)c(Cl)c3)C2)CC1. The number of morpholine rings is 1. The number of carbonyl (C=O) groups is 2. The van der Waals surface area contributed by atoms with Crippen LogP contribution in [0.1, 0.15) is 44.0 Å². The number of hydrogen-bond donors (Lipinski definition) is 1. The third-order valence-electron chi connectivity index (χ3n) is 6.41. The summed E-state index contributed by atoms with van der Waals surface area (Å²) in [5.41, 5.74) is 1.01. The topological polar surface area (TPSA) is 74.4 Å². The molecule has 182 valence electrons. The summed E-state index contributed by atoms with van der Waals surface area (Å²) in [7, 11) is 0. The van der Waals surface area contributed by atoms with Crippen molar-refractivity contribution in [3.8, 4) is 0 Å². The second kappa shape index (κ2) is 10.1. The molecular formula is C24H35ClN4O4. The largest absolute Gasteiger partial charge is 0.444 e. The third kappa shape index (κ3) is 6.11.